The highest BCUT2D eigenvalue weighted by atomic mass is 79.9. The highest BCUT2D eigenvalue weighted by Gasteiger charge is 2.09. The van der Waals surface area contributed by atoms with Gasteiger partial charge in [0.2, 0.25) is 11.2 Å². The van der Waals surface area contributed by atoms with Gasteiger partial charge in [0.05, 0.1) is 5.02 Å². The van der Waals surface area contributed by atoms with E-state index in [-0.39, 0.29) is 11.2 Å². The molecule has 0 aliphatic rings. The molecule has 0 radical (unpaired) electrons. The molecule has 82 valence electrons. The monoisotopic (exact) mass is 318 g/mol. The Kier molecular flexibility index (Phi) is 3.28. The van der Waals surface area contributed by atoms with E-state index in [9.17, 15) is 0 Å². The molecule has 2 rings (SSSR count). The van der Waals surface area contributed by atoms with Gasteiger partial charge in [0.15, 0.2) is 5.82 Å². The Morgan fingerprint density at radius 1 is 1.12 bits per heavy atom. The van der Waals surface area contributed by atoms with Crippen molar-refractivity contribution in [3.05, 3.63) is 33.0 Å². The number of benzene rings is 1. The van der Waals surface area contributed by atoms with Crippen LogP contribution in [-0.4, -0.2) is 15.0 Å². The molecule has 1 aromatic carbocycles. The first kappa shape index (κ1) is 11.6. The highest BCUT2D eigenvalue weighted by molar-refractivity contribution is 9.10. The first-order valence-corrected chi connectivity index (χ1v) is 5.73. The van der Waals surface area contributed by atoms with Gasteiger partial charge in [-0.1, -0.05) is 27.5 Å². The highest BCUT2D eigenvalue weighted by Crippen LogP contribution is 2.28. The maximum atomic E-state index is 6.05. The molecule has 0 fully saturated rings. The zero-order valence-corrected chi connectivity index (χ0v) is 10.9. The van der Waals surface area contributed by atoms with Gasteiger partial charge >= 0.3 is 0 Å². The van der Waals surface area contributed by atoms with Crippen molar-refractivity contribution < 1.29 is 0 Å². The summed E-state index contributed by atoms with van der Waals surface area (Å²) in [6.07, 6.45) is 0. The number of hydrogen-bond donors (Lipinski definition) is 1. The van der Waals surface area contributed by atoms with Crippen LogP contribution in [0.2, 0.25) is 10.3 Å². The van der Waals surface area contributed by atoms with Crippen molar-refractivity contribution in [3.8, 4) is 11.4 Å². The van der Waals surface area contributed by atoms with Gasteiger partial charge < -0.3 is 5.73 Å². The molecule has 0 aliphatic carbocycles. The van der Waals surface area contributed by atoms with Crippen LogP contribution in [0.1, 0.15) is 0 Å². The maximum Gasteiger partial charge on any atom is 0.227 e. The van der Waals surface area contributed by atoms with E-state index in [0.29, 0.717) is 16.4 Å². The molecule has 1 aromatic heterocycles. The second-order valence-electron chi connectivity index (χ2n) is 2.91. The number of rotatable bonds is 1. The average Bonchev–Trinajstić information content (AvgIpc) is 2.15. The Morgan fingerprint density at radius 3 is 2.50 bits per heavy atom. The quantitative estimate of drug-likeness (QED) is 0.876. The molecule has 0 atom stereocenters. The van der Waals surface area contributed by atoms with Crippen LogP contribution in [0.15, 0.2) is 22.7 Å². The van der Waals surface area contributed by atoms with Crippen molar-refractivity contribution in [3.63, 3.8) is 0 Å². The fourth-order valence-corrected chi connectivity index (χ4v) is 2.08. The Hall–Kier alpha value is -0.910. The van der Waals surface area contributed by atoms with Crippen molar-refractivity contribution in [2.45, 2.75) is 0 Å². The van der Waals surface area contributed by atoms with Crippen LogP contribution in [0.5, 0.6) is 0 Å². The van der Waals surface area contributed by atoms with Crippen LogP contribution in [0, 0.1) is 0 Å². The van der Waals surface area contributed by atoms with Crippen molar-refractivity contribution >= 4 is 45.1 Å². The van der Waals surface area contributed by atoms with E-state index in [2.05, 4.69) is 30.9 Å². The topological polar surface area (TPSA) is 64.7 Å². The zero-order valence-electron chi connectivity index (χ0n) is 7.78. The third-order valence-corrected chi connectivity index (χ3v) is 2.77. The minimum Gasteiger partial charge on any atom is -0.368 e. The summed E-state index contributed by atoms with van der Waals surface area (Å²) in [6.45, 7) is 0. The summed E-state index contributed by atoms with van der Waals surface area (Å²) in [5.74, 6) is 0.420. The first-order valence-electron chi connectivity index (χ1n) is 4.19. The van der Waals surface area contributed by atoms with Gasteiger partial charge in [-0.3, -0.25) is 0 Å². The predicted octanol–water partition coefficient (Wildman–Crippen LogP) is 3.19. The molecule has 0 saturated carbocycles. The van der Waals surface area contributed by atoms with Crippen LogP contribution < -0.4 is 5.73 Å². The van der Waals surface area contributed by atoms with Crippen LogP contribution >= 0.6 is 39.1 Å². The Morgan fingerprint density at radius 2 is 1.88 bits per heavy atom. The minimum atomic E-state index is 0.0430. The molecule has 4 nitrogen and oxygen atoms in total. The molecule has 0 amide bonds. The second kappa shape index (κ2) is 4.53. The van der Waals surface area contributed by atoms with E-state index in [0.717, 1.165) is 4.47 Å². The lowest BCUT2D eigenvalue weighted by Crippen LogP contribution is -2.00. The third kappa shape index (κ3) is 2.42. The normalized spacial score (nSPS) is 10.4. The lowest BCUT2D eigenvalue weighted by Gasteiger charge is -2.04. The van der Waals surface area contributed by atoms with Gasteiger partial charge in [-0.2, -0.15) is 15.0 Å². The molecule has 2 aromatic rings. The van der Waals surface area contributed by atoms with Gasteiger partial charge in [0.25, 0.3) is 0 Å². The molecule has 0 unspecified atom stereocenters. The second-order valence-corrected chi connectivity index (χ2v) is 4.57. The van der Waals surface area contributed by atoms with Crippen LogP contribution in [0.4, 0.5) is 5.95 Å². The molecule has 0 saturated heterocycles. The Bertz CT molecular complexity index is 527. The summed E-state index contributed by atoms with van der Waals surface area (Å²) in [5.41, 5.74) is 6.13. The number of aromatic nitrogens is 3. The lowest BCUT2D eigenvalue weighted by atomic mass is 10.2. The van der Waals surface area contributed by atoms with Crippen LogP contribution in [0.3, 0.4) is 0 Å². The van der Waals surface area contributed by atoms with E-state index < -0.39 is 0 Å². The molecule has 0 bridgehead atoms. The summed E-state index contributed by atoms with van der Waals surface area (Å²) in [4.78, 5) is 11.6. The number of halogens is 3. The van der Waals surface area contributed by atoms with Crippen LogP contribution in [-0.2, 0) is 0 Å². The number of hydrogen-bond acceptors (Lipinski definition) is 4. The van der Waals surface area contributed by atoms with Gasteiger partial charge in [0, 0.05) is 10.0 Å². The van der Waals surface area contributed by atoms with Crippen LogP contribution in [0.25, 0.3) is 11.4 Å². The standard InChI is InChI=1S/C9H5BrCl2N4/c10-4-1-2-5(6(11)3-4)7-14-8(12)16-9(13)15-7/h1-3H,(H2,13,14,15,16). The van der Waals surface area contributed by atoms with Gasteiger partial charge in [-0.15, -0.1) is 0 Å². The largest absolute Gasteiger partial charge is 0.368 e. The first-order chi connectivity index (χ1) is 7.56. The molecule has 7 heteroatoms. The fraction of sp³-hybridized carbons (Fsp3) is 0. The smallest absolute Gasteiger partial charge is 0.227 e. The lowest BCUT2D eigenvalue weighted by molar-refractivity contribution is 1.07. The summed E-state index contributed by atoms with van der Waals surface area (Å²) >= 11 is 15.1. The van der Waals surface area contributed by atoms with E-state index in [1.165, 1.54) is 0 Å². The summed E-state index contributed by atoms with van der Waals surface area (Å²) in [7, 11) is 0. The number of anilines is 1. The van der Waals surface area contributed by atoms with E-state index in [4.69, 9.17) is 28.9 Å². The molecule has 16 heavy (non-hydrogen) atoms. The van der Waals surface area contributed by atoms with Crippen molar-refractivity contribution in [2.75, 3.05) is 5.73 Å². The Labute approximate surface area is 110 Å². The fourth-order valence-electron chi connectivity index (χ4n) is 1.16. The number of nitrogens with two attached hydrogens (primary N) is 1. The van der Waals surface area contributed by atoms with E-state index in [1.54, 1.807) is 12.1 Å². The SMILES string of the molecule is Nc1nc(Cl)nc(-c2ccc(Br)cc2Cl)n1. The maximum absolute atomic E-state index is 6.05. The van der Waals surface area contributed by atoms with Crippen molar-refractivity contribution in [2.24, 2.45) is 0 Å². The summed E-state index contributed by atoms with van der Waals surface area (Å²) in [5, 5.41) is 0.553. The molecule has 0 spiro atoms. The third-order valence-electron chi connectivity index (χ3n) is 1.80. The average molecular weight is 320 g/mol. The van der Waals surface area contributed by atoms with Crippen molar-refractivity contribution in [1.82, 2.24) is 15.0 Å². The molecular weight excluding hydrogens is 315 g/mol. The molecule has 0 aliphatic heterocycles. The van der Waals surface area contributed by atoms with Gasteiger partial charge in [-0.05, 0) is 29.8 Å². The Balaban J connectivity index is 2.58. The molecule has 1 heterocycles. The minimum absolute atomic E-state index is 0.0430. The molecular formula is C9H5BrCl2N4. The number of nitrogens with zero attached hydrogens (tertiary/aromatic N) is 3. The predicted molar refractivity (Wildman–Crippen MR) is 67.4 cm³/mol. The van der Waals surface area contributed by atoms with Crippen molar-refractivity contribution in [1.29, 1.82) is 0 Å². The van der Waals surface area contributed by atoms with E-state index in [1.807, 2.05) is 6.07 Å². The number of nitrogen functional groups attached to an aromatic ring is 1. The summed E-state index contributed by atoms with van der Waals surface area (Å²) < 4.78 is 0.870. The zero-order chi connectivity index (χ0) is 11.7. The summed E-state index contributed by atoms with van der Waals surface area (Å²) in [6, 6.07) is 5.34. The van der Waals surface area contributed by atoms with Gasteiger partial charge in [-0.25, -0.2) is 0 Å². The van der Waals surface area contributed by atoms with Gasteiger partial charge in [0.1, 0.15) is 0 Å². The molecule has 2 N–H and O–H groups in total. The van der Waals surface area contributed by atoms with E-state index >= 15 is 0 Å².